The van der Waals surface area contributed by atoms with Crippen molar-refractivity contribution in [2.45, 2.75) is 26.4 Å². The van der Waals surface area contributed by atoms with Crippen LogP contribution in [0.1, 0.15) is 52.1 Å². The molecule has 0 fully saturated rings. The fraction of sp³-hybridized carbons (Fsp3) is 0.250. The van der Waals surface area contributed by atoms with Gasteiger partial charge in [-0.05, 0) is 32.9 Å². The summed E-state index contributed by atoms with van der Waals surface area (Å²) in [5.41, 5.74) is 0.186. The van der Waals surface area contributed by atoms with Crippen LogP contribution in [0.15, 0.2) is 23.7 Å². The number of amides is 1. The number of ether oxygens (including phenoxy) is 1. The van der Waals surface area contributed by atoms with E-state index in [0.29, 0.717) is 4.88 Å². The van der Waals surface area contributed by atoms with E-state index in [4.69, 9.17) is 4.74 Å². The van der Waals surface area contributed by atoms with Gasteiger partial charge in [-0.1, -0.05) is 0 Å². The Balaban J connectivity index is 1.97. The molecule has 118 valence electrons. The Labute approximate surface area is 136 Å². The number of fused-ring (bicyclic) bond motifs is 2. The summed E-state index contributed by atoms with van der Waals surface area (Å²) in [5, 5.41) is 4.10. The number of hydrogen-bond acceptors (Lipinski definition) is 6. The van der Waals surface area contributed by atoms with Crippen molar-refractivity contribution in [3.8, 4) is 0 Å². The third-order valence-corrected chi connectivity index (χ3v) is 4.11. The molecule has 2 heterocycles. The number of pyridine rings is 1. The van der Waals surface area contributed by atoms with Crippen LogP contribution in [-0.2, 0) is 4.74 Å². The summed E-state index contributed by atoms with van der Waals surface area (Å²) < 4.78 is 5.18. The second kappa shape index (κ2) is 5.27. The Kier molecular flexibility index (Phi) is 3.52. The molecule has 7 heteroatoms. The van der Waals surface area contributed by atoms with Crippen molar-refractivity contribution in [3.63, 3.8) is 0 Å². The quantitative estimate of drug-likeness (QED) is 0.740. The number of hydrogen-bond donors (Lipinski definition) is 1. The molecule has 1 aliphatic carbocycles. The summed E-state index contributed by atoms with van der Waals surface area (Å²) in [6.07, 6.45) is 0.785. The maximum absolute atomic E-state index is 12.6. The molecule has 2 aromatic rings. The van der Waals surface area contributed by atoms with E-state index in [1.165, 1.54) is 6.20 Å². The van der Waals surface area contributed by atoms with Crippen molar-refractivity contribution in [1.82, 2.24) is 4.98 Å². The monoisotopic (exact) mass is 330 g/mol. The Hall–Kier alpha value is -2.54. The highest BCUT2D eigenvalue weighted by Gasteiger charge is 2.35. The molecule has 0 radical (unpaired) electrons. The minimum Gasteiger partial charge on any atom is -0.444 e. The lowest BCUT2D eigenvalue weighted by Crippen LogP contribution is -2.28. The third-order valence-electron chi connectivity index (χ3n) is 3.13. The van der Waals surface area contributed by atoms with Crippen molar-refractivity contribution in [2.24, 2.45) is 0 Å². The van der Waals surface area contributed by atoms with Crippen molar-refractivity contribution >= 4 is 34.7 Å². The van der Waals surface area contributed by atoms with Gasteiger partial charge in [0.15, 0.2) is 0 Å². The number of nitrogens with one attached hydrogen (secondary N) is 1. The fourth-order valence-corrected chi connectivity index (χ4v) is 3.22. The minimum atomic E-state index is -0.676. The number of anilines is 1. The van der Waals surface area contributed by atoms with Gasteiger partial charge < -0.3 is 4.74 Å². The first kappa shape index (κ1) is 15.4. The molecule has 0 saturated carbocycles. The van der Waals surface area contributed by atoms with Crippen molar-refractivity contribution in [2.75, 3.05) is 5.32 Å². The van der Waals surface area contributed by atoms with Gasteiger partial charge in [-0.25, -0.2) is 4.79 Å². The lowest BCUT2D eigenvalue weighted by atomic mass is 9.92. The van der Waals surface area contributed by atoms with Gasteiger partial charge in [0.05, 0.1) is 21.7 Å². The average Bonchev–Trinajstić information content (AvgIpc) is 2.87. The van der Waals surface area contributed by atoms with E-state index in [0.717, 1.165) is 11.3 Å². The van der Waals surface area contributed by atoms with E-state index in [-0.39, 0.29) is 34.1 Å². The summed E-state index contributed by atoms with van der Waals surface area (Å²) in [6, 6.07) is 3.19. The number of nitrogens with zero attached hydrogens (tertiary/aromatic N) is 1. The Morgan fingerprint density at radius 1 is 1.26 bits per heavy atom. The molecule has 6 nitrogen and oxygen atoms in total. The van der Waals surface area contributed by atoms with Gasteiger partial charge in [0.2, 0.25) is 11.6 Å². The number of aromatic nitrogens is 1. The lowest BCUT2D eigenvalue weighted by molar-refractivity contribution is 0.0635. The molecule has 23 heavy (non-hydrogen) atoms. The molecular formula is C16H14N2O4S. The van der Waals surface area contributed by atoms with E-state index in [2.05, 4.69) is 10.3 Å². The standard InChI is InChI=1S/C16H14N2O4S/c1-16(2,3)22-15(21)18-9-7-23-14-10(9)13(20)11-8(12(14)19)5-4-6-17-11/h4-7H,1-3H3,(H,18,21). The minimum absolute atomic E-state index is 0.107. The third kappa shape index (κ3) is 2.75. The molecular weight excluding hydrogens is 316 g/mol. The summed E-state index contributed by atoms with van der Waals surface area (Å²) in [5.74, 6) is -0.632. The molecule has 0 spiro atoms. The van der Waals surface area contributed by atoms with Crippen LogP contribution in [-0.4, -0.2) is 28.2 Å². The van der Waals surface area contributed by atoms with Gasteiger partial charge in [-0.3, -0.25) is 19.9 Å². The summed E-state index contributed by atoms with van der Waals surface area (Å²) in [4.78, 5) is 41.3. The van der Waals surface area contributed by atoms with E-state index in [1.54, 1.807) is 38.3 Å². The highest BCUT2D eigenvalue weighted by atomic mass is 32.1. The number of carbonyl (C=O) groups excluding carboxylic acids is 3. The Morgan fingerprint density at radius 3 is 2.70 bits per heavy atom. The topological polar surface area (TPSA) is 85.4 Å². The first-order chi connectivity index (χ1) is 10.8. The first-order valence-corrected chi connectivity index (χ1v) is 7.82. The molecule has 0 aromatic carbocycles. The molecule has 2 aromatic heterocycles. The molecule has 0 bridgehead atoms. The number of rotatable bonds is 1. The lowest BCUT2D eigenvalue weighted by Gasteiger charge is -2.20. The van der Waals surface area contributed by atoms with Crippen LogP contribution in [0.5, 0.6) is 0 Å². The van der Waals surface area contributed by atoms with Crippen LogP contribution in [0.3, 0.4) is 0 Å². The number of carbonyl (C=O) groups is 3. The molecule has 0 saturated heterocycles. The van der Waals surface area contributed by atoms with Gasteiger partial charge in [-0.15, -0.1) is 11.3 Å². The average molecular weight is 330 g/mol. The van der Waals surface area contributed by atoms with Crippen LogP contribution in [0.25, 0.3) is 0 Å². The smallest absolute Gasteiger partial charge is 0.412 e. The van der Waals surface area contributed by atoms with Crippen LogP contribution in [0.2, 0.25) is 0 Å². The van der Waals surface area contributed by atoms with Crippen molar-refractivity contribution in [3.05, 3.63) is 45.4 Å². The first-order valence-electron chi connectivity index (χ1n) is 6.94. The summed E-state index contributed by atoms with van der Waals surface area (Å²) in [6.45, 7) is 5.22. The highest BCUT2D eigenvalue weighted by molar-refractivity contribution is 7.13. The van der Waals surface area contributed by atoms with Gasteiger partial charge >= 0.3 is 6.09 Å². The molecule has 1 aliphatic rings. The number of thiophene rings is 1. The molecule has 3 rings (SSSR count). The predicted octanol–water partition coefficient (Wildman–Crippen LogP) is 3.27. The Morgan fingerprint density at radius 2 is 2.00 bits per heavy atom. The van der Waals surface area contributed by atoms with Gasteiger partial charge in [0, 0.05) is 11.6 Å². The van der Waals surface area contributed by atoms with Crippen molar-refractivity contribution in [1.29, 1.82) is 0 Å². The summed E-state index contributed by atoms with van der Waals surface area (Å²) in [7, 11) is 0. The molecule has 1 N–H and O–H groups in total. The Bertz CT molecular complexity index is 833. The van der Waals surface area contributed by atoms with Crippen molar-refractivity contribution < 1.29 is 19.1 Å². The number of ketones is 2. The molecule has 1 amide bonds. The fourth-order valence-electron chi connectivity index (χ4n) is 2.27. The van der Waals surface area contributed by atoms with Crippen LogP contribution in [0.4, 0.5) is 10.5 Å². The normalized spacial score (nSPS) is 13.3. The van der Waals surface area contributed by atoms with E-state index < -0.39 is 11.7 Å². The zero-order valence-electron chi connectivity index (χ0n) is 12.8. The zero-order chi connectivity index (χ0) is 16.8. The molecule has 0 aliphatic heterocycles. The summed E-state index contributed by atoms with van der Waals surface area (Å²) >= 11 is 1.12. The van der Waals surface area contributed by atoms with Crippen LogP contribution < -0.4 is 5.32 Å². The van der Waals surface area contributed by atoms with Crippen LogP contribution >= 0.6 is 11.3 Å². The van der Waals surface area contributed by atoms with E-state index in [9.17, 15) is 14.4 Å². The van der Waals surface area contributed by atoms with Gasteiger partial charge in [0.25, 0.3) is 0 Å². The van der Waals surface area contributed by atoms with Gasteiger partial charge in [-0.2, -0.15) is 0 Å². The second-order valence-corrected chi connectivity index (χ2v) is 6.92. The van der Waals surface area contributed by atoms with E-state index in [1.807, 2.05) is 0 Å². The van der Waals surface area contributed by atoms with Gasteiger partial charge in [0.1, 0.15) is 11.3 Å². The van der Waals surface area contributed by atoms with Crippen LogP contribution in [0, 0.1) is 0 Å². The molecule has 0 unspecified atom stereocenters. The SMILES string of the molecule is CC(C)(C)OC(=O)Nc1csc2c1C(=O)c1ncccc1C2=O. The predicted molar refractivity (Wildman–Crippen MR) is 85.3 cm³/mol. The highest BCUT2D eigenvalue weighted by Crippen LogP contribution is 2.36. The van der Waals surface area contributed by atoms with E-state index >= 15 is 0 Å². The molecule has 0 atom stereocenters. The maximum Gasteiger partial charge on any atom is 0.412 e. The second-order valence-electron chi connectivity index (χ2n) is 6.04. The maximum atomic E-state index is 12.6. The largest absolute Gasteiger partial charge is 0.444 e. The zero-order valence-corrected chi connectivity index (χ0v) is 13.6.